The Kier molecular flexibility index (Phi) is 5.63. The lowest BCUT2D eigenvalue weighted by Crippen LogP contribution is -2.40. The second-order valence-electron chi connectivity index (χ2n) is 5.39. The molecule has 0 saturated carbocycles. The van der Waals surface area contributed by atoms with Gasteiger partial charge in [-0.1, -0.05) is 32.9 Å². The molecule has 0 bridgehead atoms. The lowest BCUT2D eigenvalue weighted by atomic mass is 9.78. The third-order valence-electron chi connectivity index (χ3n) is 2.40. The van der Waals surface area contributed by atoms with Crippen LogP contribution < -0.4 is 5.32 Å². The summed E-state index contributed by atoms with van der Waals surface area (Å²) in [7, 11) is 0. The van der Waals surface area contributed by atoms with Crippen molar-refractivity contribution < 1.29 is 4.79 Å². The molecule has 0 spiro atoms. The zero-order valence-electron chi connectivity index (χ0n) is 10.9. The largest absolute Gasteiger partial charge is 0.354 e. The second-order valence-corrected chi connectivity index (χ2v) is 5.39. The highest BCUT2D eigenvalue weighted by molar-refractivity contribution is 5.79. The Hall–Kier alpha value is -0.790. The first kappa shape index (κ1) is 14.2. The summed E-state index contributed by atoms with van der Waals surface area (Å²) in [5, 5.41) is 2.99. The van der Waals surface area contributed by atoms with Gasteiger partial charge in [0.2, 0.25) is 5.91 Å². The van der Waals surface area contributed by atoms with E-state index in [-0.39, 0.29) is 23.3 Å². The standard InChI is InChI=1S/C13H25NO/c1-7-8-9-11(13(4,5)6)12(15)14-10(2)3/h7-8,10-11H,9H2,1-6H3,(H,14,15)/b8-7+. The van der Waals surface area contributed by atoms with Gasteiger partial charge in [0.25, 0.3) is 0 Å². The van der Waals surface area contributed by atoms with Crippen molar-refractivity contribution in [2.45, 2.75) is 54.0 Å². The van der Waals surface area contributed by atoms with Gasteiger partial charge >= 0.3 is 0 Å². The third-order valence-corrected chi connectivity index (χ3v) is 2.40. The molecule has 0 saturated heterocycles. The van der Waals surface area contributed by atoms with Gasteiger partial charge in [-0.05, 0) is 32.6 Å². The molecule has 0 fully saturated rings. The molecule has 0 aromatic heterocycles. The lowest BCUT2D eigenvalue weighted by molar-refractivity contribution is -0.128. The number of hydrogen-bond donors (Lipinski definition) is 1. The number of hydrogen-bond acceptors (Lipinski definition) is 1. The van der Waals surface area contributed by atoms with Crippen LogP contribution in [-0.2, 0) is 4.79 Å². The summed E-state index contributed by atoms with van der Waals surface area (Å²) in [6.45, 7) is 12.3. The maximum Gasteiger partial charge on any atom is 0.224 e. The molecule has 2 nitrogen and oxygen atoms in total. The van der Waals surface area contributed by atoms with Gasteiger partial charge in [0.1, 0.15) is 0 Å². The van der Waals surface area contributed by atoms with Crippen molar-refractivity contribution in [3.63, 3.8) is 0 Å². The number of amides is 1. The molecular weight excluding hydrogens is 186 g/mol. The second kappa shape index (κ2) is 5.94. The van der Waals surface area contributed by atoms with E-state index in [1.807, 2.05) is 26.8 Å². The molecule has 0 aliphatic carbocycles. The first-order valence-electron chi connectivity index (χ1n) is 5.70. The van der Waals surface area contributed by atoms with Crippen LogP contribution in [0.2, 0.25) is 0 Å². The Labute approximate surface area is 94.1 Å². The number of rotatable bonds is 4. The molecule has 0 rings (SSSR count). The Bertz CT molecular complexity index is 223. The van der Waals surface area contributed by atoms with Crippen molar-refractivity contribution >= 4 is 5.91 Å². The minimum absolute atomic E-state index is 0.0124. The summed E-state index contributed by atoms with van der Waals surface area (Å²) in [5.41, 5.74) is 0.0124. The maximum atomic E-state index is 12.0. The molecule has 88 valence electrons. The monoisotopic (exact) mass is 211 g/mol. The van der Waals surface area contributed by atoms with E-state index in [0.29, 0.717) is 0 Å². The molecule has 0 aliphatic rings. The Morgan fingerprint density at radius 3 is 2.20 bits per heavy atom. The van der Waals surface area contributed by atoms with Crippen molar-refractivity contribution in [1.29, 1.82) is 0 Å². The average molecular weight is 211 g/mol. The number of nitrogens with one attached hydrogen (secondary N) is 1. The van der Waals surface area contributed by atoms with Crippen LogP contribution in [0.5, 0.6) is 0 Å². The normalized spacial score (nSPS) is 14.6. The van der Waals surface area contributed by atoms with Crippen molar-refractivity contribution in [1.82, 2.24) is 5.32 Å². The Morgan fingerprint density at radius 2 is 1.87 bits per heavy atom. The van der Waals surface area contributed by atoms with E-state index < -0.39 is 0 Å². The first-order chi connectivity index (χ1) is 6.79. The highest BCUT2D eigenvalue weighted by atomic mass is 16.1. The quantitative estimate of drug-likeness (QED) is 0.711. The summed E-state index contributed by atoms with van der Waals surface area (Å²) in [6, 6.07) is 0.216. The summed E-state index contributed by atoms with van der Waals surface area (Å²) < 4.78 is 0. The van der Waals surface area contributed by atoms with E-state index in [2.05, 4.69) is 32.2 Å². The predicted octanol–water partition coefficient (Wildman–Crippen LogP) is 3.14. The van der Waals surface area contributed by atoms with Crippen LogP contribution in [-0.4, -0.2) is 11.9 Å². The fourth-order valence-electron chi connectivity index (χ4n) is 1.51. The van der Waals surface area contributed by atoms with Gasteiger partial charge < -0.3 is 5.32 Å². The van der Waals surface area contributed by atoms with Crippen LogP contribution in [0.3, 0.4) is 0 Å². The van der Waals surface area contributed by atoms with Gasteiger partial charge in [0.15, 0.2) is 0 Å². The fraction of sp³-hybridized carbons (Fsp3) is 0.769. The summed E-state index contributed by atoms with van der Waals surface area (Å²) in [6.07, 6.45) is 4.88. The Balaban J connectivity index is 4.56. The lowest BCUT2D eigenvalue weighted by Gasteiger charge is -2.29. The minimum Gasteiger partial charge on any atom is -0.354 e. The highest BCUT2D eigenvalue weighted by Crippen LogP contribution is 2.29. The molecule has 1 amide bonds. The van der Waals surface area contributed by atoms with E-state index >= 15 is 0 Å². The Morgan fingerprint density at radius 1 is 1.33 bits per heavy atom. The van der Waals surface area contributed by atoms with E-state index in [1.165, 1.54) is 0 Å². The van der Waals surface area contributed by atoms with Crippen molar-refractivity contribution in [2.24, 2.45) is 11.3 Å². The maximum absolute atomic E-state index is 12.0. The number of allylic oxidation sites excluding steroid dienone is 2. The molecular formula is C13H25NO. The van der Waals surface area contributed by atoms with Crippen LogP contribution in [0.4, 0.5) is 0 Å². The van der Waals surface area contributed by atoms with Crippen LogP contribution in [0.1, 0.15) is 48.0 Å². The summed E-state index contributed by atoms with van der Waals surface area (Å²) in [4.78, 5) is 12.0. The van der Waals surface area contributed by atoms with Crippen molar-refractivity contribution in [3.8, 4) is 0 Å². The molecule has 0 radical (unpaired) electrons. The predicted molar refractivity (Wildman–Crippen MR) is 65.7 cm³/mol. The molecule has 1 N–H and O–H groups in total. The fourth-order valence-corrected chi connectivity index (χ4v) is 1.51. The zero-order valence-corrected chi connectivity index (χ0v) is 10.9. The van der Waals surface area contributed by atoms with Gasteiger partial charge in [0, 0.05) is 12.0 Å². The van der Waals surface area contributed by atoms with E-state index in [9.17, 15) is 4.79 Å². The van der Waals surface area contributed by atoms with Gasteiger partial charge in [-0.3, -0.25) is 4.79 Å². The van der Waals surface area contributed by atoms with Gasteiger partial charge in [-0.15, -0.1) is 0 Å². The topological polar surface area (TPSA) is 29.1 Å². The third kappa shape index (κ3) is 5.60. The molecule has 0 aromatic rings. The summed E-state index contributed by atoms with van der Waals surface area (Å²) >= 11 is 0. The molecule has 1 atom stereocenters. The summed E-state index contributed by atoms with van der Waals surface area (Å²) in [5.74, 6) is 0.215. The minimum atomic E-state index is 0.0124. The van der Waals surface area contributed by atoms with E-state index in [4.69, 9.17) is 0 Å². The number of carbonyl (C=O) groups excluding carboxylic acids is 1. The van der Waals surface area contributed by atoms with Crippen molar-refractivity contribution in [3.05, 3.63) is 12.2 Å². The molecule has 15 heavy (non-hydrogen) atoms. The highest BCUT2D eigenvalue weighted by Gasteiger charge is 2.30. The van der Waals surface area contributed by atoms with Gasteiger partial charge in [-0.25, -0.2) is 0 Å². The van der Waals surface area contributed by atoms with Crippen LogP contribution in [0, 0.1) is 11.3 Å². The van der Waals surface area contributed by atoms with Crippen molar-refractivity contribution in [2.75, 3.05) is 0 Å². The first-order valence-corrected chi connectivity index (χ1v) is 5.70. The van der Waals surface area contributed by atoms with Gasteiger partial charge in [0.05, 0.1) is 0 Å². The van der Waals surface area contributed by atoms with E-state index in [1.54, 1.807) is 0 Å². The molecule has 0 aliphatic heterocycles. The van der Waals surface area contributed by atoms with Crippen LogP contribution >= 0.6 is 0 Å². The molecule has 1 unspecified atom stereocenters. The SMILES string of the molecule is C/C=C/CC(C(=O)NC(C)C)C(C)(C)C. The number of carbonyl (C=O) groups is 1. The smallest absolute Gasteiger partial charge is 0.224 e. The molecule has 0 heterocycles. The van der Waals surface area contributed by atoms with Crippen LogP contribution in [0.25, 0.3) is 0 Å². The van der Waals surface area contributed by atoms with Gasteiger partial charge in [-0.2, -0.15) is 0 Å². The van der Waals surface area contributed by atoms with E-state index in [0.717, 1.165) is 6.42 Å². The zero-order chi connectivity index (χ0) is 12.1. The average Bonchev–Trinajstić information content (AvgIpc) is 2.00. The van der Waals surface area contributed by atoms with Crippen LogP contribution in [0.15, 0.2) is 12.2 Å². The molecule has 2 heteroatoms. The molecule has 0 aromatic carbocycles.